The number of amides is 1. The molecule has 20 heavy (non-hydrogen) atoms. The van der Waals surface area contributed by atoms with Crippen molar-refractivity contribution in [2.24, 2.45) is 0 Å². The largest absolute Gasteiger partial charge is 0.435 e. The number of carbonyl (C=O) groups is 1. The summed E-state index contributed by atoms with van der Waals surface area (Å²) in [5.41, 5.74) is 0.495. The topological polar surface area (TPSA) is 41.6 Å². The third-order valence-corrected chi connectivity index (χ3v) is 3.52. The van der Waals surface area contributed by atoms with E-state index in [1.807, 2.05) is 7.05 Å². The summed E-state index contributed by atoms with van der Waals surface area (Å²) in [5.74, 6) is -0.00593. The first-order valence-electron chi connectivity index (χ1n) is 6.61. The van der Waals surface area contributed by atoms with Crippen molar-refractivity contribution < 1.29 is 18.3 Å². The van der Waals surface area contributed by atoms with Crippen LogP contribution in [0.3, 0.4) is 0 Å². The van der Waals surface area contributed by atoms with Crippen molar-refractivity contribution in [3.63, 3.8) is 0 Å². The molecule has 0 radical (unpaired) electrons. The Hall–Kier alpha value is -1.69. The number of nitrogens with one attached hydrogen (secondary N) is 1. The van der Waals surface area contributed by atoms with E-state index < -0.39 is 6.61 Å². The zero-order valence-electron chi connectivity index (χ0n) is 11.3. The van der Waals surface area contributed by atoms with Crippen LogP contribution in [0.4, 0.5) is 8.78 Å². The number of carbonyl (C=O) groups excluding carboxylic acids is 1. The molecule has 0 bridgehead atoms. The summed E-state index contributed by atoms with van der Waals surface area (Å²) in [5, 5.41) is 3.20. The highest BCUT2D eigenvalue weighted by Gasteiger charge is 2.22. The van der Waals surface area contributed by atoms with Gasteiger partial charge in [0.05, 0.1) is 0 Å². The van der Waals surface area contributed by atoms with Gasteiger partial charge in [0.1, 0.15) is 5.75 Å². The van der Waals surface area contributed by atoms with Gasteiger partial charge in [0, 0.05) is 24.7 Å². The summed E-state index contributed by atoms with van der Waals surface area (Å²) in [6, 6.07) is 6.27. The lowest BCUT2D eigenvalue weighted by Gasteiger charge is -2.31. The lowest BCUT2D eigenvalue weighted by Crippen LogP contribution is -2.43. The lowest BCUT2D eigenvalue weighted by atomic mass is 10.0. The van der Waals surface area contributed by atoms with Gasteiger partial charge in [0.2, 0.25) is 0 Å². The fraction of sp³-hybridized carbons (Fsp3) is 0.500. The van der Waals surface area contributed by atoms with E-state index >= 15 is 0 Å². The van der Waals surface area contributed by atoms with Gasteiger partial charge in [-0.15, -0.1) is 0 Å². The summed E-state index contributed by atoms with van der Waals surface area (Å²) < 4.78 is 28.3. The minimum absolute atomic E-state index is 0.0606. The first kappa shape index (κ1) is 14.7. The average Bonchev–Trinajstić information content (AvgIpc) is 2.47. The number of ether oxygens (including phenoxy) is 1. The van der Waals surface area contributed by atoms with Crippen LogP contribution in [0.25, 0.3) is 0 Å². The van der Waals surface area contributed by atoms with Gasteiger partial charge in [0.25, 0.3) is 5.91 Å². The molecule has 0 saturated carbocycles. The van der Waals surface area contributed by atoms with E-state index in [1.165, 1.54) is 24.3 Å². The van der Waals surface area contributed by atoms with Crippen LogP contribution in [0.15, 0.2) is 24.3 Å². The van der Waals surface area contributed by atoms with Crippen LogP contribution in [0.1, 0.15) is 23.2 Å². The normalized spacial score (nSPS) is 16.5. The molecule has 1 N–H and O–H groups in total. The average molecular weight is 284 g/mol. The highest BCUT2D eigenvalue weighted by atomic mass is 19.3. The van der Waals surface area contributed by atoms with Crippen LogP contribution >= 0.6 is 0 Å². The number of likely N-dealkylation sites (tertiary alicyclic amines) is 1. The van der Waals surface area contributed by atoms with Gasteiger partial charge in [-0.1, -0.05) is 0 Å². The summed E-state index contributed by atoms with van der Waals surface area (Å²) in [7, 11) is 1.92. The van der Waals surface area contributed by atoms with Crippen LogP contribution in [0.2, 0.25) is 0 Å². The maximum atomic E-state index is 12.2. The van der Waals surface area contributed by atoms with Crippen molar-refractivity contribution in [1.29, 1.82) is 0 Å². The number of hydrogen-bond donors (Lipinski definition) is 1. The molecule has 0 aliphatic carbocycles. The maximum absolute atomic E-state index is 12.2. The molecule has 1 amide bonds. The van der Waals surface area contributed by atoms with Gasteiger partial charge >= 0.3 is 6.61 Å². The Morgan fingerprint density at radius 1 is 1.30 bits per heavy atom. The second kappa shape index (κ2) is 6.65. The van der Waals surface area contributed by atoms with Crippen molar-refractivity contribution in [2.75, 3.05) is 20.1 Å². The molecule has 1 aromatic carbocycles. The first-order chi connectivity index (χ1) is 9.60. The van der Waals surface area contributed by atoms with Gasteiger partial charge in [-0.25, -0.2) is 0 Å². The highest BCUT2D eigenvalue weighted by molar-refractivity contribution is 5.94. The molecule has 1 aromatic rings. The Balaban J connectivity index is 1.95. The molecular weight excluding hydrogens is 266 g/mol. The second-order valence-electron chi connectivity index (χ2n) is 4.76. The van der Waals surface area contributed by atoms with E-state index in [0.717, 1.165) is 12.8 Å². The Bertz CT molecular complexity index is 443. The molecule has 1 aliphatic heterocycles. The third kappa shape index (κ3) is 3.66. The van der Waals surface area contributed by atoms with Crippen LogP contribution < -0.4 is 10.1 Å². The van der Waals surface area contributed by atoms with Crippen molar-refractivity contribution >= 4 is 5.91 Å². The van der Waals surface area contributed by atoms with E-state index in [9.17, 15) is 13.6 Å². The fourth-order valence-corrected chi connectivity index (χ4v) is 2.33. The summed E-state index contributed by atoms with van der Waals surface area (Å²) in [6.07, 6.45) is 1.85. The number of piperidine rings is 1. The number of nitrogens with zero attached hydrogens (tertiary/aromatic N) is 1. The first-order valence-corrected chi connectivity index (χ1v) is 6.61. The Labute approximate surface area is 116 Å². The molecule has 2 rings (SSSR count). The second-order valence-corrected chi connectivity index (χ2v) is 4.76. The zero-order valence-corrected chi connectivity index (χ0v) is 11.3. The maximum Gasteiger partial charge on any atom is 0.387 e. The van der Waals surface area contributed by atoms with Gasteiger partial charge < -0.3 is 15.0 Å². The van der Waals surface area contributed by atoms with Crippen molar-refractivity contribution in [3.8, 4) is 5.75 Å². The SMILES string of the molecule is CNC1CCN(C(=O)c2ccc(OC(F)F)cc2)CC1. The molecule has 1 fully saturated rings. The van der Waals surface area contributed by atoms with Crippen molar-refractivity contribution in [1.82, 2.24) is 10.2 Å². The summed E-state index contributed by atoms with van der Waals surface area (Å²) in [4.78, 5) is 14.0. The predicted molar refractivity (Wildman–Crippen MR) is 71.1 cm³/mol. The summed E-state index contributed by atoms with van der Waals surface area (Å²) in [6.45, 7) is -1.43. The minimum atomic E-state index is -2.85. The monoisotopic (exact) mass is 284 g/mol. The molecule has 1 aliphatic rings. The molecule has 110 valence electrons. The van der Waals surface area contributed by atoms with E-state index in [-0.39, 0.29) is 11.7 Å². The molecule has 0 spiro atoms. The van der Waals surface area contributed by atoms with E-state index in [4.69, 9.17) is 0 Å². The van der Waals surface area contributed by atoms with Crippen molar-refractivity contribution in [2.45, 2.75) is 25.5 Å². The minimum Gasteiger partial charge on any atom is -0.435 e. The van der Waals surface area contributed by atoms with Gasteiger partial charge in [-0.3, -0.25) is 4.79 Å². The Kier molecular flexibility index (Phi) is 4.89. The molecule has 0 unspecified atom stereocenters. The molecular formula is C14H18F2N2O2. The number of halogens is 2. The molecule has 1 heterocycles. The zero-order chi connectivity index (χ0) is 14.5. The lowest BCUT2D eigenvalue weighted by molar-refractivity contribution is -0.0498. The van der Waals surface area contributed by atoms with Gasteiger partial charge in [-0.05, 0) is 44.2 Å². The van der Waals surface area contributed by atoms with Gasteiger partial charge in [0.15, 0.2) is 0 Å². The molecule has 4 nitrogen and oxygen atoms in total. The van der Waals surface area contributed by atoms with Crippen LogP contribution in [0, 0.1) is 0 Å². The third-order valence-electron chi connectivity index (χ3n) is 3.52. The van der Waals surface area contributed by atoms with E-state index in [1.54, 1.807) is 4.90 Å². The number of rotatable bonds is 4. The number of hydrogen-bond acceptors (Lipinski definition) is 3. The summed E-state index contributed by atoms with van der Waals surface area (Å²) >= 11 is 0. The quantitative estimate of drug-likeness (QED) is 0.920. The Morgan fingerprint density at radius 2 is 1.90 bits per heavy atom. The molecule has 0 atom stereocenters. The predicted octanol–water partition coefficient (Wildman–Crippen LogP) is 2.11. The Morgan fingerprint density at radius 3 is 2.40 bits per heavy atom. The standard InChI is InChI=1S/C14H18F2N2O2/c1-17-11-6-8-18(9-7-11)13(19)10-2-4-12(5-3-10)20-14(15)16/h2-5,11,14,17H,6-9H2,1H3. The molecule has 1 saturated heterocycles. The van der Waals surface area contributed by atoms with Crippen molar-refractivity contribution in [3.05, 3.63) is 29.8 Å². The van der Waals surface area contributed by atoms with E-state index in [0.29, 0.717) is 24.7 Å². The van der Waals surface area contributed by atoms with Crippen LogP contribution in [-0.4, -0.2) is 43.6 Å². The fourth-order valence-electron chi connectivity index (χ4n) is 2.33. The molecule has 0 aromatic heterocycles. The van der Waals surface area contributed by atoms with E-state index in [2.05, 4.69) is 10.1 Å². The van der Waals surface area contributed by atoms with Crippen LogP contribution in [-0.2, 0) is 0 Å². The number of alkyl halides is 2. The highest BCUT2D eigenvalue weighted by Crippen LogP contribution is 2.18. The smallest absolute Gasteiger partial charge is 0.387 e. The van der Waals surface area contributed by atoms with Crippen LogP contribution in [0.5, 0.6) is 5.75 Å². The van der Waals surface area contributed by atoms with Gasteiger partial charge in [-0.2, -0.15) is 8.78 Å². The number of benzene rings is 1. The molecule has 6 heteroatoms.